The van der Waals surface area contributed by atoms with Crippen molar-refractivity contribution in [3.8, 4) is 0 Å². The molecule has 0 saturated carbocycles. The number of thiazole rings is 1. The van der Waals surface area contributed by atoms with Gasteiger partial charge in [-0.15, -0.1) is 15.7 Å². The van der Waals surface area contributed by atoms with Crippen LogP contribution in [0.3, 0.4) is 0 Å². The van der Waals surface area contributed by atoms with Gasteiger partial charge in [-0.2, -0.15) is 8.42 Å². The Labute approximate surface area is 179 Å². The number of thiophene rings is 1. The molecule has 3 rings (SSSR count). The van der Waals surface area contributed by atoms with E-state index in [2.05, 4.69) is 4.40 Å². The fourth-order valence-corrected chi connectivity index (χ4v) is 6.15. The van der Waals surface area contributed by atoms with Crippen molar-refractivity contribution in [3.63, 3.8) is 0 Å². The average molecular weight is 475 g/mol. The zero-order chi connectivity index (χ0) is 21.2. The van der Waals surface area contributed by atoms with Crippen molar-refractivity contribution in [1.82, 2.24) is 4.57 Å². The van der Waals surface area contributed by atoms with Crippen LogP contribution < -0.4 is 4.80 Å². The zero-order valence-electron chi connectivity index (χ0n) is 15.2. The Morgan fingerprint density at radius 2 is 1.97 bits per heavy atom. The van der Waals surface area contributed by atoms with Crippen molar-refractivity contribution in [2.45, 2.75) is 17.7 Å². The second-order valence-corrected chi connectivity index (χ2v) is 10.1. The van der Waals surface area contributed by atoms with Crippen LogP contribution in [0.4, 0.5) is 0 Å². The number of sulfonamides is 1. The predicted octanol–water partition coefficient (Wildman–Crippen LogP) is 3.06. The molecule has 0 radical (unpaired) electrons. The van der Waals surface area contributed by atoms with Gasteiger partial charge in [0.05, 0.1) is 33.8 Å². The summed E-state index contributed by atoms with van der Waals surface area (Å²) in [7, 11) is -2.80. The molecule has 2 aromatic heterocycles. The normalized spacial score (nSPS) is 12.3. The summed E-state index contributed by atoms with van der Waals surface area (Å²) < 4.78 is 41.2. The third-order valence-corrected chi connectivity index (χ3v) is 7.83. The molecule has 0 saturated heterocycles. The molecule has 2 heterocycles. The Morgan fingerprint density at radius 1 is 1.21 bits per heavy atom. The van der Waals surface area contributed by atoms with Crippen LogP contribution in [0, 0.1) is 0 Å². The minimum atomic E-state index is -4.04. The van der Waals surface area contributed by atoms with Crippen LogP contribution in [0.1, 0.15) is 17.3 Å². The lowest BCUT2D eigenvalue weighted by molar-refractivity contribution is -0.141. The Balaban J connectivity index is 2.19. The van der Waals surface area contributed by atoms with Crippen LogP contribution in [0.2, 0.25) is 4.34 Å². The van der Waals surface area contributed by atoms with E-state index in [0.29, 0.717) is 20.1 Å². The van der Waals surface area contributed by atoms with E-state index >= 15 is 0 Å². The number of carbonyl (C=O) groups is 2. The van der Waals surface area contributed by atoms with Crippen molar-refractivity contribution < 1.29 is 27.5 Å². The van der Waals surface area contributed by atoms with Crippen LogP contribution in [-0.2, 0) is 30.8 Å². The Hall–Kier alpha value is -2.21. The number of benzene rings is 1. The molecule has 1 aromatic carbocycles. The van der Waals surface area contributed by atoms with Crippen molar-refractivity contribution in [2.75, 3.05) is 13.7 Å². The van der Waals surface area contributed by atoms with Gasteiger partial charge in [0.1, 0.15) is 10.8 Å². The molecular weight excluding hydrogens is 460 g/mol. The molecule has 0 aliphatic carbocycles. The lowest BCUT2D eigenvalue weighted by Crippen LogP contribution is -2.22. The number of carbonyl (C=O) groups excluding carboxylic acids is 2. The molecule has 12 heteroatoms. The smallest absolute Gasteiger partial charge is 0.338 e. The van der Waals surface area contributed by atoms with Gasteiger partial charge in [0.2, 0.25) is 4.80 Å². The van der Waals surface area contributed by atoms with Crippen LogP contribution in [-0.4, -0.2) is 38.6 Å². The van der Waals surface area contributed by atoms with E-state index in [0.717, 1.165) is 22.7 Å². The quantitative estimate of drug-likeness (QED) is 0.508. The number of nitrogens with zero attached hydrogens (tertiary/aromatic N) is 2. The monoisotopic (exact) mass is 474 g/mol. The highest BCUT2D eigenvalue weighted by Crippen LogP contribution is 2.27. The highest BCUT2D eigenvalue weighted by molar-refractivity contribution is 7.92. The van der Waals surface area contributed by atoms with Crippen LogP contribution in [0.5, 0.6) is 0 Å². The number of methoxy groups -OCH3 is 1. The van der Waals surface area contributed by atoms with E-state index in [1.807, 2.05) is 0 Å². The third-order valence-electron chi connectivity index (χ3n) is 3.71. The summed E-state index contributed by atoms with van der Waals surface area (Å²) in [6.45, 7) is 1.69. The van der Waals surface area contributed by atoms with E-state index in [4.69, 9.17) is 21.1 Å². The van der Waals surface area contributed by atoms with Crippen molar-refractivity contribution in [3.05, 3.63) is 45.0 Å². The number of fused-ring (bicyclic) bond motifs is 1. The summed E-state index contributed by atoms with van der Waals surface area (Å²) in [6.07, 6.45) is 0. The molecule has 0 spiro atoms. The second-order valence-electron chi connectivity index (χ2n) is 5.57. The topological polar surface area (TPSA) is 104 Å². The number of aromatic nitrogens is 1. The molecule has 0 N–H and O–H groups in total. The minimum Gasteiger partial charge on any atom is -0.468 e. The molecule has 0 bridgehead atoms. The van der Waals surface area contributed by atoms with Gasteiger partial charge in [0.15, 0.2) is 0 Å². The van der Waals surface area contributed by atoms with Gasteiger partial charge in [-0.3, -0.25) is 4.79 Å². The number of esters is 2. The lowest BCUT2D eigenvalue weighted by atomic mass is 10.2. The first kappa shape index (κ1) is 21.5. The molecule has 29 heavy (non-hydrogen) atoms. The zero-order valence-corrected chi connectivity index (χ0v) is 18.5. The van der Waals surface area contributed by atoms with Gasteiger partial charge in [-0.25, -0.2) is 4.79 Å². The molecule has 8 nitrogen and oxygen atoms in total. The van der Waals surface area contributed by atoms with E-state index in [-0.39, 0.29) is 22.2 Å². The maximum absolute atomic E-state index is 12.6. The summed E-state index contributed by atoms with van der Waals surface area (Å²) in [5.41, 5.74) is 0.844. The van der Waals surface area contributed by atoms with Crippen LogP contribution in [0.25, 0.3) is 10.2 Å². The minimum absolute atomic E-state index is 0.0169. The van der Waals surface area contributed by atoms with Crippen molar-refractivity contribution in [1.29, 1.82) is 0 Å². The van der Waals surface area contributed by atoms with Crippen molar-refractivity contribution >= 4 is 66.5 Å². The molecule has 0 fully saturated rings. The fraction of sp³-hybridized carbons (Fsp3) is 0.235. The summed E-state index contributed by atoms with van der Waals surface area (Å²) in [4.78, 5) is 23.9. The number of hydrogen-bond donors (Lipinski definition) is 0. The first-order valence-corrected chi connectivity index (χ1v) is 11.6. The first-order valence-electron chi connectivity index (χ1n) is 8.19. The number of ether oxygens (including phenoxy) is 2. The maximum Gasteiger partial charge on any atom is 0.338 e. The second kappa shape index (κ2) is 8.66. The number of rotatable bonds is 6. The Bertz CT molecular complexity index is 1260. The van der Waals surface area contributed by atoms with Gasteiger partial charge in [-0.05, 0) is 37.3 Å². The fourth-order valence-electron chi connectivity index (χ4n) is 2.42. The summed E-state index contributed by atoms with van der Waals surface area (Å²) in [5.74, 6) is -1.07. The average Bonchev–Trinajstić information content (AvgIpc) is 3.25. The van der Waals surface area contributed by atoms with E-state index in [9.17, 15) is 18.0 Å². The van der Waals surface area contributed by atoms with Gasteiger partial charge in [-0.1, -0.05) is 22.9 Å². The van der Waals surface area contributed by atoms with Gasteiger partial charge in [0.25, 0.3) is 10.0 Å². The SMILES string of the molecule is CCOC(=O)c1ccc2c(c1)s/c(=N\S(=O)(=O)c1ccc(Cl)s1)n2CC(=O)OC. The molecule has 0 unspecified atom stereocenters. The summed E-state index contributed by atoms with van der Waals surface area (Å²) >= 11 is 7.74. The molecule has 0 aliphatic rings. The van der Waals surface area contributed by atoms with Crippen LogP contribution >= 0.6 is 34.3 Å². The van der Waals surface area contributed by atoms with E-state index < -0.39 is 22.0 Å². The van der Waals surface area contributed by atoms with Crippen LogP contribution in [0.15, 0.2) is 38.9 Å². The molecule has 0 amide bonds. The molecule has 3 aromatic rings. The highest BCUT2D eigenvalue weighted by Gasteiger charge is 2.19. The van der Waals surface area contributed by atoms with Gasteiger partial charge in [0, 0.05) is 0 Å². The number of halogens is 1. The standard InChI is InChI=1S/C17H15ClN2O6S3/c1-3-26-16(22)10-4-5-11-12(8-10)27-17(20(11)9-14(21)25-2)19-29(23,24)15-7-6-13(18)28-15/h4-8H,3,9H2,1-2H3/b19-17-. The molecule has 0 atom stereocenters. The molecular formula is C17H15ClN2O6S3. The third kappa shape index (κ3) is 4.69. The lowest BCUT2D eigenvalue weighted by Gasteiger charge is -2.05. The van der Waals surface area contributed by atoms with Gasteiger partial charge >= 0.3 is 11.9 Å². The molecule has 0 aliphatic heterocycles. The predicted molar refractivity (Wildman–Crippen MR) is 110 cm³/mol. The van der Waals surface area contributed by atoms with E-state index in [1.165, 1.54) is 29.9 Å². The summed E-state index contributed by atoms with van der Waals surface area (Å²) in [6, 6.07) is 7.54. The Morgan fingerprint density at radius 3 is 2.59 bits per heavy atom. The highest BCUT2D eigenvalue weighted by atomic mass is 35.5. The van der Waals surface area contributed by atoms with Gasteiger partial charge < -0.3 is 14.0 Å². The largest absolute Gasteiger partial charge is 0.468 e. The Kier molecular flexibility index (Phi) is 6.42. The molecule has 154 valence electrons. The van der Waals surface area contributed by atoms with Crippen molar-refractivity contribution in [2.24, 2.45) is 4.40 Å². The number of hydrogen-bond acceptors (Lipinski definition) is 8. The van der Waals surface area contributed by atoms with E-state index in [1.54, 1.807) is 19.1 Å². The maximum atomic E-state index is 12.6. The first-order chi connectivity index (χ1) is 13.7. The summed E-state index contributed by atoms with van der Waals surface area (Å²) in [5, 5.41) is 0.